The van der Waals surface area contributed by atoms with Crippen LogP contribution in [0.25, 0.3) is 17.5 Å². The molecule has 1 saturated carbocycles. The van der Waals surface area contributed by atoms with Crippen LogP contribution in [0.5, 0.6) is 0 Å². The molecule has 0 amide bonds. The first kappa shape index (κ1) is 21.7. The first-order valence-corrected chi connectivity index (χ1v) is 11.4. The van der Waals surface area contributed by atoms with Gasteiger partial charge in [0.1, 0.15) is 17.1 Å². The summed E-state index contributed by atoms with van der Waals surface area (Å²) in [4.78, 5) is 10.8. The van der Waals surface area contributed by atoms with E-state index < -0.39 is 17.8 Å². The zero-order valence-electron chi connectivity index (χ0n) is 19.4. The van der Waals surface area contributed by atoms with E-state index in [2.05, 4.69) is 25.9 Å². The number of aromatic nitrogens is 5. The number of allylic oxidation sites excluding steroid dienone is 1. The molecule has 1 aliphatic carbocycles. The van der Waals surface area contributed by atoms with Gasteiger partial charge in [-0.3, -0.25) is 10.1 Å². The number of hydrogen-bond donors (Lipinski definition) is 2. The Bertz CT molecular complexity index is 1380. The van der Waals surface area contributed by atoms with Gasteiger partial charge in [-0.15, -0.1) is 0 Å². The lowest BCUT2D eigenvalue weighted by molar-refractivity contribution is -0.223. The smallest absolute Gasteiger partial charge is 0.321 e. The Morgan fingerprint density at radius 1 is 1.23 bits per heavy atom. The highest BCUT2D eigenvalue weighted by Crippen LogP contribution is 2.56. The highest BCUT2D eigenvalue weighted by molar-refractivity contribution is 5.93. The average Bonchev–Trinajstić information content (AvgIpc) is 3.47. The number of halogens is 3. The zero-order chi connectivity index (χ0) is 24.5. The molecule has 1 unspecified atom stereocenters. The molecule has 2 aliphatic heterocycles. The zero-order valence-corrected chi connectivity index (χ0v) is 19.4. The molecule has 5 heterocycles. The molecule has 0 radical (unpaired) electrons. The largest absolute Gasteiger partial charge is 0.401 e. The molecule has 0 spiro atoms. The van der Waals surface area contributed by atoms with E-state index in [1.54, 1.807) is 22.0 Å². The van der Waals surface area contributed by atoms with Crippen molar-refractivity contribution >= 4 is 23.8 Å². The van der Waals surface area contributed by atoms with Crippen LogP contribution in [0, 0.1) is 12.3 Å². The molecule has 6 rings (SSSR count). The van der Waals surface area contributed by atoms with E-state index in [0.717, 1.165) is 28.3 Å². The summed E-state index contributed by atoms with van der Waals surface area (Å²) in [5.41, 5.74) is 5.01. The van der Waals surface area contributed by atoms with Crippen molar-refractivity contribution in [3.63, 3.8) is 0 Å². The number of alkyl halides is 3. The normalized spacial score (nSPS) is 20.4. The predicted octanol–water partition coefficient (Wildman–Crippen LogP) is 4.51. The molecule has 3 aliphatic rings. The van der Waals surface area contributed by atoms with E-state index in [1.165, 1.54) is 0 Å². The van der Waals surface area contributed by atoms with Gasteiger partial charge in [0.2, 0.25) is 5.95 Å². The van der Waals surface area contributed by atoms with E-state index in [4.69, 9.17) is 4.98 Å². The first-order valence-electron chi connectivity index (χ1n) is 11.4. The van der Waals surface area contributed by atoms with Crippen molar-refractivity contribution in [1.82, 2.24) is 34.6 Å². The Labute approximate surface area is 199 Å². The molecule has 12 heteroatoms. The van der Waals surface area contributed by atoms with Gasteiger partial charge in [-0.25, -0.2) is 9.97 Å². The summed E-state index contributed by atoms with van der Waals surface area (Å²) in [5.74, 6) is 1.23. The third-order valence-electron chi connectivity index (χ3n) is 7.13. The van der Waals surface area contributed by atoms with Crippen molar-refractivity contribution in [2.75, 3.05) is 5.32 Å². The van der Waals surface area contributed by atoms with Crippen LogP contribution in [0.4, 0.5) is 24.9 Å². The van der Waals surface area contributed by atoms with E-state index >= 15 is 0 Å². The van der Waals surface area contributed by atoms with Gasteiger partial charge < -0.3 is 14.8 Å². The Morgan fingerprint density at radius 3 is 2.69 bits per heavy atom. The molecule has 182 valence electrons. The fraction of sp³-hybridized carbons (Fsp3) is 0.391. The summed E-state index contributed by atoms with van der Waals surface area (Å²) >= 11 is 0. The molecule has 3 aromatic heterocycles. The number of nitrogens with zero attached hydrogens (tertiary/aromatic N) is 7. The second-order valence-corrected chi connectivity index (χ2v) is 9.29. The van der Waals surface area contributed by atoms with Crippen LogP contribution in [0.2, 0.25) is 0 Å². The molecule has 9 nitrogen and oxygen atoms in total. The van der Waals surface area contributed by atoms with Crippen molar-refractivity contribution < 1.29 is 13.2 Å². The Kier molecular flexibility index (Phi) is 4.54. The summed E-state index contributed by atoms with van der Waals surface area (Å²) in [7, 11) is 1.82. The molecule has 0 aromatic carbocycles. The van der Waals surface area contributed by atoms with Crippen LogP contribution >= 0.6 is 0 Å². The van der Waals surface area contributed by atoms with Crippen molar-refractivity contribution in [3.8, 4) is 11.3 Å². The number of aryl methyl sites for hydroxylation is 2. The third-order valence-corrected chi connectivity index (χ3v) is 7.13. The van der Waals surface area contributed by atoms with Crippen molar-refractivity contribution in [2.45, 2.75) is 45.5 Å². The van der Waals surface area contributed by atoms with E-state index in [0.29, 0.717) is 18.1 Å². The lowest BCUT2D eigenvalue weighted by atomic mass is 9.66. The van der Waals surface area contributed by atoms with Crippen LogP contribution in [0.15, 0.2) is 41.5 Å². The SMILES string of the molecule is CC1=Cn2cc(-c3nc(Nc4ccnn4C)ncc3C)cc2C2NN=C(C3(C(F)(F)F)CCC3)N12. The van der Waals surface area contributed by atoms with Crippen LogP contribution in [-0.2, 0) is 7.05 Å². The average molecular weight is 484 g/mol. The van der Waals surface area contributed by atoms with Crippen LogP contribution in [0.1, 0.15) is 43.6 Å². The van der Waals surface area contributed by atoms with Gasteiger partial charge in [0.05, 0.1) is 17.6 Å². The quantitative estimate of drug-likeness (QED) is 0.568. The van der Waals surface area contributed by atoms with Crippen molar-refractivity contribution in [3.05, 3.63) is 47.7 Å². The summed E-state index contributed by atoms with van der Waals surface area (Å²) in [5, 5.41) is 11.5. The maximum absolute atomic E-state index is 14.1. The molecule has 1 atom stereocenters. The Hall–Kier alpha value is -3.83. The molecule has 3 aromatic rings. The molecular formula is C23H24F3N9. The van der Waals surface area contributed by atoms with E-state index in [9.17, 15) is 13.2 Å². The second-order valence-electron chi connectivity index (χ2n) is 9.29. The number of rotatable bonds is 4. The van der Waals surface area contributed by atoms with Crippen molar-refractivity contribution in [2.24, 2.45) is 17.6 Å². The minimum Gasteiger partial charge on any atom is -0.321 e. The van der Waals surface area contributed by atoms with Crippen molar-refractivity contribution in [1.29, 1.82) is 0 Å². The fourth-order valence-corrected chi connectivity index (χ4v) is 5.05. The minimum atomic E-state index is -4.35. The van der Waals surface area contributed by atoms with Gasteiger partial charge in [-0.2, -0.15) is 23.4 Å². The number of nitrogens with one attached hydrogen (secondary N) is 2. The summed E-state index contributed by atoms with van der Waals surface area (Å²) in [6, 6.07) is 3.76. The van der Waals surface area contributed by atoms with Gasteiger partial charge in [0, 0.05) is 43.0 Å². The maximum atomic E-state index is 14.1. The van der Waals surface area contributed by atoms with Gasteiger partial charge in [0.15, 0.2) is 6.17 Å². The molecule has 35 heavy (non-hydrogen) atoms. The highest BCUT2D eigenvalue weighted by atomic mass is 19.4. The van der Waals surface area contributed by atoms with Crippen LogP contribution in [-0.4, -0.2) is 41.2 Å². The van der Waals surface area contributed by atoms with Gasteiger partial charge in [0.25, 0.3) is 0 Å². The monoisotopic (exact) mass is 483 g/mol. The fourth-order valence-electron chi connectivity index (χ4n) is 5.05. The van der Waals surface area contributed by atoms with Crippen LogP contribution < -0.4 is 10.7 Å². The summed E-state index contributed by atoms with van der Waals surface area (Å²) < 4.78 is 45.8. The molecule has 2 N–H and O–H groups in total. The lowest BCUT2D eigenvalue weighted by Gasteiger charge is -2.46. The Morgan fingerprint density at radius 2 is 2.03 bits per heavy atom. The number of hydrazone groups is 1. The van der Waals surface area contributed by atoms with Gasteiger partial charge in [-0.05, 0) is 38.3 Å². The number of fused-ring (bicyclic) bond motifs is 3. The van der Waals surface area contributed by atoms with E-state index in [-0.39, 0.29) is 18.7 Å². The van der Waals surface area contributed by atoms with E-state index in [1.807, 2.05) is 50.0 Å². The summed E-state index contributed by atoms with van der Waals surface area (Å²) in [6.45, 7) is 3.73. The molecular weight excluding hydrogens is 459 g/mol. The number of hydrogen-bond acceptors (Lipinski definition) is 7. The molecule has 0 saturated heterocycles. The predicted molar refractivity (Wildman–Crippen MR) is 124 cm³/mol. The third kappa shape index (κ3) is 3.15. The number of anilines is 2. The maximum Gasteiger partial charge on any atom is 0.401 e. The summed E-state index contributed by atoms with van der Waals surface area (Å²) in [6.07, 6.45) is 2.99. The molecule has 0 bridgehead atoms. The second kappa shape index (κ2) is 7.33. The molecule has 1 fully saturated rings. The highest BCUT2D eigenvalue weighted by Gasteiger charge is 2.64. The van der Waals surface area contributed by atoms with Crippen LogP contribution in [0.3, 0.4) is 0 Å². The lowest BCUT2D eigenvalue weighted by Crippen LogP contribution is -2.55. The van der Waals surface area contributed by atoms with Gasteiger partial charge in [-0.1, -0.05) is 6.42 Å². The first-order chi connectivity index (χ1) is 16.7. The standard InChI is InChI=1S/C23H24F3N9/c1-13-10-27-21(29-17-5-8-28-33(17)3)30-18(13)15-9-16-19-31-32-20(22(6-4-7-22)23(24,25)26)35(19)14(2)11-34(16)12-15/h5,8-12,19,31H,4,6-7H2,1-3H3,(H,27,29,30). The van der Waals surface area contributed by atoms with Gasteiger partial charge >= 0.3 is 6.18 Å². The number of amidine groups is 1. The Balaban J connectivity index is 1.34. The topological polar surface area (TPSA) is 88.2 Å². The minimum absolute atomic E-state index is 0.0601.